The molecule has 3 N–H and O–H groups in total. The number of hydrogen-bond acceptors (Lipinski definition) is 8. The summed E-state index contributed by atoms with van der Waals surface area (Å²) in [5, 5.41) is 19.2. The monoisotopic (exact) mass is 542 g/mol. The lowest BCUT2D eigenvalue weighted by Gasteiger charge is -2.33. The van der Waals surface area contributed by atoms with E-state index in [1.54, 1.807) is 12.1 Å². The van der Waals surface area contributed by atoms with Crippen LogP contribution in [0.2, 0.25) is 0 Å². The summed E-state index contributed by atoms with van der Waals surface area (Å²) in [7, 11) is 1.83. The number of amides is 1. The fourth-order valence-electron chi connectivity index (χ4n) is 4.40. The number of fused-ring (bicyclic) bond motifs is 1. The van der Waals surface area contributed by atoms with Gasteiger partial charge in [-0.1, -0.05) is 5.16 Å². The second-order valence-electron chi connectivity index (χ2n) is 9.38. The van der Waals surface area contributed by atoms with Gasteiger partial charge in [-0.25, -0.2) is 4.39 Å². The minimum absolute atomic E-state index is 0.0527. The van der Waals surface area contributed by atoms with Crippen molar-refractivity contribution in [2.24, 2.45) is 5.92 Å². The summed E-state index contributed by atoms with van der Waals surface area (Å²) in [5.74, 6) is -0.618. The maximum absolute atomic E-state index is 14.7. The average Bonchev–Trinajstić information content (AvgIpc) is 3.48. The second kappa shape index (κ2) is 10.1. The van der Waals surface area contributed by atoms with Crippen molar-refractivity contribution in [1.82, 2.24) is 24.8 Å². The van der Waals surface area contributed by atoms with Crippen LogP contribution in [0.5, 0.6) is 0 Å². The third-order valence-corrected chi connectivity index (χ3v) is 7.33. The Balaban J connectivity index is 1.50. The number of anilines is 1. The Morgan fingerprint density at radius 1 is 1.35 bits per heavy atom. The lowest BCUT2D eigenvalue weighted by Crippen LogP contribution is -2.46. The third-order valence-electron chi connectivity index (χ3n) is 6.49. The molecule has 37 heavy (non-hydrogen) atoms. The van der Waals surface area contributed by atoms with Gasteiger partial charge in [-0.3, -0.25) is 4.79 Å². The zero-order valence-corrected chi connectivity index (χ0v) is 20.7. The smallest absolute Gasteiger partial charge is 0.394 e. The molecule has 5 rings (SSSR count). The van der Waals surface area contributed by atoms with E-state index in [-0.39, 0.29) is 52.4 Å². The molecule has 0 aromatic carbocycles. The van der Waals surface area contributed by atoms with Crippen LogP contribution in [0.4, 0.5) is 23.2 Å². The number of piperidine rings is 1. The molecule has 200 valence electrons. The van der Waals surface area contributed by atoms with Crippen LogP contribution in [0, 0.1) is 5.92 Å². The van der Waals surface area contributed by atoms with E-state index in [2.05, 4.69) is 20.8 Å². The molecular weight excluding hydrogens is 516 g/mol. The molecule has 0 bridgehead atoms. The first-order chi connectivity index (χ1) is 17.6. The molecule has 3 atom stereocenters. The fraction of sp³-hybridized carbons (Fsp3) is 0.522. The van der Waals surface area contributed by atoms with E-state index in [0.29, 0.717) is 24.2 Å². The highest BCUT2D eigenvalue weighted by molar-refractivity contribution is 8.00. The number of nitrogens with one attached hydrogen (secondary N) is 2. The van der Waals surface area contributed by atoms with Crippen LogP contribution in [0.25, 0.3) is 16.9 Å². The highest BCUT2D eigenvalue weighted by Gasteiger charge is 2.36. The van der Waals surface area contributed by atoms with E-state index in [9.17, 15) is 27.5 Å². The van der Waals surface area contributed by atoms with Crippen molar-refractivity contribution >= 4 is 28.9 Å². The zero-order chi connectivity index (χ0) is 26.3. The summed E-state index contributed by atoms with van der Waals surface area (Å²) in [6, 6.07) is 3.29. The number of aliphatic hydroxyl groups excluding tert-OH is 1. The maximum Gasteiger partial charge on any atom is 0.447 e. The number of aliphatic hydroxyl groups is 1. The van der Waals surface area contributed by atoms with Crippen molar-refractivity contribution < 1.29 is 32.0 Å². The van der Waals surface area contributed by atoms with Crippen molar-refractivity contribution in [3.63, 3.8) is 0 Å². The van der Waals surface area contributed by atoms with Gasteiger partial charge < -0.3 is 29.6 Å². The Kier molecular flexibility index (Phi) is 7.07. The summed E-state index contributed by atoms with van der Waals surface area (Å²) in [5.41, 5.74) is -3.69. The highest BCUT2D eigenvalue weighted by Crippen LogP contribution is 2.44. The molecule has 1 saturated heterocycles. The summed E-state index contributed by atoms with van der Waals surface area (Å²) in [6.45, 7) is 0.436. The third kappa shape index (κ3) is 5.70. The number of nitrogens with zero attached hydrogens (tertiary/aromatic N) is 4. The molecule has 1 aliphatic carbocycles. The quantitative estimate of drug-likeness (QED) is 0.293. The van der Waals surface area contributed by atoms with Crippen LogP contribution in [0.1, 0.15) is 31.2 Å². The van der Waals surface area contributed by atoms with Crippen LogP contribution in [0.3, 0.4) is 0 Å². The Morgan fingerprint density at radius 3 is 2.81 bits per heavy atom. The van der Waals surface area contributed by atoms with E-state index in [0.717, 1.165) is 12.8 Å². The van der Waals surface area contributed by atoms with Gasteiger partial charge >= 0.3 is 5.51 Å². The van der Waals surface area contributed by atoms with Crippen LogP contribution < -0.4 is 10.6 Å². The van der Waals surface area contributed by atoms with Gasteiger partial charge in [-0.15, -0.1) is 0 Å². The Hall–Kier alpha value is -2.84. The first-order valence-corrected chi connectivity index (χ1v) is 12.7. The summed E-state index contributed by atoms with van der Waals surface area (Å²) < 4.78 is 61.9. The van der Waals surface area contributed by atoms with E-state index >= 15 is 0 Å². The molecule has 14 heteroatoms. The number of rotatable bonds is 8. The zero-order valence-electron chi connectivity index (χ0n) is 19.8. The predicted molar refractivity (Wildman–Crippen MR) is 128 cm³/mol. The van der Waals surface area contributed by atoms with Gasteiger partial charge in [0.15, 0.2) is 0 Å². The van der Waals surface area contributed by atoms with Gasteiger partial charge in [0.25, 0.3) is 5.89 Å². The summed E-state index contributed by atoms with van der Waals surface area (Å²) in [6.07, 6.45) is 2.39. The molecule has 0 unspecified atom stereocenters. The number of carbonyl (C=O) groups excluding carboxylic acids is 1. The van der Waals surface area contributed by atoms with E-state index in [4.69, 9.17) is 4.52 Å². The Morgan fingerprint density at radius 2 is 2.14 bits per heavy atom. The number of hydrogen-bond donors (Lipinski definition) is 3. The predicted octanol–water partition coefficient (Wildman–Crippen LogP) is 3.61. The summed E-state index contributed by atoms with van der Waals surface area (Å²) in [4.78, 5) is 18.2. The number of halogens is 4. The van der Waals surface area contributed by atoms with Crippen LogP contribution in [-0.2, 0) is 4.79 Å². The Bertz CT molecular complexity index is 1280. The molecule has 2 fully saturated rings. The van der Waals surface area contributed by atoms with Crippen LogP contribution in [0.15, 0.2) is 33.9 Å². The van der Waals surface area contributed by atoms with Crippen molar-refractivity contribution in [3.8, 4) is 11.4 Å². The molecule has 3 aromatic rings. The molecular formula is C23H26F4N6O3S. The van der Waals surface area contributed by atoms with Crippen LogP contribution >= 0.6 is 11.8 Å². The average molecular weight is 543 g/mol. The molecule has 1 saturated carbocycles. The lowest BCUT2D eigenvalue weighted by molar-refractivity contribution is -0.123. The normalized spacial score (nSPS) is 21.8. The standard InChI is InChI=1S/C23H26F4N6O3S/c1-32-8-6-15(14(24)10-32)28-16-3-2-7-33-18(16)9-13(22(33)37-23(25,26)27)19-30-21(36-31-19)17(11-34)29-20(35)12-4-5-12/h2-3,7,9,12,14-15,17,28,34H,4-6,8,10-11H2,1H3,(H,29,35)/t14-,15+,17+/m0/s1. The largest absolute Gasteiger partial charge is 0.447 e. The van der Waals surface area contributed by atoms with E-state index < -0.39 is 30.4 Å². The minimum Gasteiger partial charge on any atom is -0.394 e. The van der Waals surface area contributed by atoms with Gasteiger partial charge in [0.2, 0.25) is 11.7 Å². The molecule has 9 nitrogen and oxygen atoms in total. The number of carbonyl (C=O) groups is 1. The SMILES string of the molecule is CN1CC[C@@H](Nc2cccn3c(SC(F)(F)F)c(-c4noc([C@@H](CO)NC(=O)C5CC5)n4)cc23)[C@@H](F)C1. The summed E-state index contributed by atoms with van der Waals surface area (Å²) >= 11 is -0.326. The molecule has 0 spiro atoms. The second-order valence-corrected chi connectivity index (χ2v) is 10.4. The number of thioether (sulfide) groups is 1. The molecule has 4 heterocycles. The number of aromatic nitrogens is 3. The number of likely N-dealkylation sites (tertiary alicyclic amines) is 1. The fourth-order valence-corrected chi connectivity index (χ4v) is 5.13. The van der Waals surface area contributed by atoms with Gasteiger partial charge in [-0.05, 0) is 44.5 Å². The van der Waals surface area contributed by atoms with Gasteiger partial charge in [0.05, 0.1) is 34.4 Å². The number of pyridine rings is 1. The Labute approximate surface area is 213 Å². The first-order valence-electron chi connectivity index (χ1n) is 11.9. The molecule has 2 aliphatic rings. The molecule has 3 aromatic heterocycles. The lowest BCUT2D eigenvalue weighted by atomic mass is 10.0. The van der Waals surface area contributed by atoms with Gasteiger partial charge in [0, 0.05) is 37.0 Å². The minimum atomic E-state index is -4.61. The van der Waals surface area contributed by atoms with Crippen molar-refractivity contribution in [2.45, 2.75) is 48.1 Å². The highest BCUT2D eigenvalue weighted by atomic mass is 32.2. The molecule has 1 aliphatic heterocycles. The van der Waals surface area contributed by atoms with Gasteiger partial charge in [-0.2, -0.15) is 18.2 Å². The van der Waals surface area contributed by atoms with Crippen molar-refractivity contribution in [1.29, 1.82) is 0 Å². The van der Waals surface area contributed by atoms with Gasteiger partial charge in [0.1, 0.15) is 12.2 Å². The van der Waals surface area contributed by atoms with E-state index in [1.807, 2.05) is 11.9 Å². The first kappa shape index (κ1) is 25.8. The van der Waals surface area contributed by atoms with E-state index in [1.165, 1.54) is 16.7 Å². The van der Waals surface area contributed by atoms with Crippen molar-refractivity contribution in [3.05, 3.63) is 30.3 Å². The molecule has 0 radical (unpaired) electrons. The van der Waals surface area contributed by atoms with Crippen molar-refractivity contribution in [2.75, 3.05) is 32.1 Å². The molecule has 1 amide bonds. The topological polar surface area (TPSA) is 108 Å². The number of alkyl halides is 4. The maximum atomic E-state index is 14.7. The van der Waals surface area contributed by atoms with Crippen LogP contribution in [-0.4, -0.2) is 74.9 Å².